The lowest BCUT2D eigenvalue weighted by molar-refractivity contribution is -0.116. The Bertz CT molecular complexity index is 1500. The highest BCUT2D eigenvalue weighted by Crippen LogP contribution is 2.30. The van der Waals surface area contributed by atoms with Gasteiger partial charge in [-0.1, -0.05) is 47.5 Å². The maximum absolute atomic E-state index is 13.1. The number of nitriles is 1. The van der Waals surface area contributed by atoms with Crippen LogP contribution in [0.1, 0.15) is 5.56 Å². The first kappa shape index (κ1) is 24.0. The summed E-state index contributed by atoms with van der Waals surface area (Å²) in [7, 11) is 0. The van der Waals surface area contributed by atoms with Crippen molar-refractivity contribution in [2.75, 3.05) is 10.6 Å². The molecular formula is C26H17Cl2FN4O2. The van der Waals surface area contributed by atoms with Crippen molar-refractivity contribution in [3.63, 3.8) is 0 Å². The molecule has 0 unspecified atom stereocenters. The Labute approximate surface area is 210 Å². The second-order valence-corrected chi connectivity index (χ2v) is 8.30. The van der Waals surface area contributed by atoms with E-state index in [2.05, 4.69) is 10.6 Å². The minimum atomic E-state index is -0.650. The highest BCUT2D eigenvalue weighted by Gasteiger charge is 2.16. The monoisotopic (exact) mass is 506 g/mol. The number of hydrogen-bond acceptors (Lipinski definition) is 3. The van der Waals surface area contributed by atoms with Crippen molar-refractivity contribution in [1.82, 2.24) is 4.57 Å². The number of carbonyl (C=O) groups is 2. The molecule has 174 valence electrons. The molecule has 9 heteroatoms. The molecule has 1 aromatic heterocycles. The Morgan fingerprint density at radius 2 is 1.74 bits per heavy atom. The van der Waals surface area contributed by atoms with E-state index in [0.717, 1.165) is 10.9 Å². The summed E-state index contributed by atoms with van der Waals surface area (Å²) in [6, 6.07) is 19.5. The summed E-state index contributed by atoms with van der Waals surface area (Å²) in [4.78, 5) is 25.3. The zero-order valence-electron chi connectivity index (χ0n) is 18.1. The second-order valence-electron chi connectivity index (χ2n) is 7.51. The predicted octanol–water partition coefficient (Wildman–Crippen LogP) is 6.27. The van der Waals surface area contributed by atoms with E-state index in [1.54, 1.807) is 29.0 Å². The molecule has 3 aromatic carbocycles. The fourth-order valence-electron chi connectivity index (χ4n) is 3.50. The van der Waals surface area contributed by atoms with E-state index >= 15 is 0 Å². The zero-order chi connectivity index (χ0) is 24.9. The van der Waals surface area contributed by atoms with Gasteiger partial charge in [-0.25, -0.2) is 4.39 Å². The van der Waals surface area contributed by atoms with Crippen molar-refractivity contribution in [3.8, 4) is 6.07 Å². The molecule has 35 heavy (non-hydrogen) atoms. The van der Waals surface area contributed by atoms with E-state index in [1.807, 2.05) is 30.3 Å². The van der Waals surface area contributed by atoms with Crippen LogP contribution in [-0.2, 0) is 16.1 Å². The molecule has 0 saturated heterocycles. The standard InChI is InChI=1S/C26H17Cl2FN4O2/c27-21-5-3-6-22(25(21)28)32-26(35)16(13-30)12-17-14-33(23-7-2-1-4-20(17)23)15-24(34)31-19-10-8-18(29)9-11-19/h1-12,14H,15H2,(H,31,34)(H,32,35)/b16-12+. The van der Waals surface area contributed by atoms with Gasteiger partial charge in [-0.2, -0.15) is 5.26 Å². The molecular weight excluding hydrogens is 490 g/mol. The van der Waals surface area contributed by atoms with Crippen LogP contribution in [0.15, 0.2) is 78.5 Å². The first-order chi connectivity index (χ1) is 16.9. The molecule has 0 fully saturated rings. The lowest BCUT2D eigenvalue weighted by Gasteiger charge is -2.07. The summed E-state index contributed by atoms with van der Waals surface area (Å²) in [5.74, 6) is -1.37. The van der Waals surface area contributed by atoms with Crippen molar-refractivity contribution >= 4 is 63.4 Å². The van der Waals surface area contributed by atoms with E-state index < -0.39 is 11.7 Å². The van der Waals surface area contributed by atoms with Gasteiger partial charge in [0.25, 0.3) is 5.91 Å². The van der Waals surface area contributed by atoms with Crippen LogP contribution in [0.25, 0.3) is 17.0 Å². The Morgan fingerprint density at radius 3 is 2.49 bits per heavy atom. The molecule has 0 atom stereocenters. The number of fused-ring (bicyclic) bond motifs is 1. The maximum Gasteiger partial charge on any atom is 0.266 e. The Kier molecular flexibility index (Phi) is 7.16. The van der Waals surface area contributed by atoms with Crippen LogP contribution in [0.5, 0.6) is 0 Å². The number of hydrogen-bond donors (Lipinski definition) is 2. The Hall–Kier alpha value is -4.12. The third-order valence-corrected chi connectivity index (χ3v) is 5.94. The molecule has 4 rings (SSSR count). The summed E-state index contributed by atoms with van der Waals surface area (Å²) >= 11 is 12.1. The third kappa shape index (κ3) is 5.52. The number of carbonyl (C=O) groups excluding carboxylic acids is 2. The summed E-state index contributed by atoms with van der Waals surface area (Å²) in [5.41, 5.74) is 1.92. The van der Waals surface area contributed by atoms with Crippen LogP contribution in [0, 0.1) is 17.1 Å². The molecule has 6 nitrogen and oxygen atoms in total. The fraction of sp³-hybridized carbons (Fsp3) is 0.0385. The number of anilines is 2. The van der Waals surface area contributed by atoms with Crippen LogP contribution in [0.4, 0.5) is 15.8 Å². The quantitative estimate of drug-likeness (QED) is 0.238. The van der Waals surface area contributed by atoms with E-state index in [0.29, 0.717) is 11.3 Å². The second kappa shape index (κ2) is 10.4. The zero-order valence-corrected chi connectivity index (χ0v) is 19.6. The van der Waals surface area contributed by atoms with E-state index in [4.69, 9.17) is 23.2 Å². The van der Waals surface area contributed by atoms with Gasteiger partial charge in [0.15, 0.2) is 0 Å². The molecule has 0 spiro atoms. The van der Waals surface area contributed by atoms with Gasteiger partial charge in [-0.3, -0.25) is 9.59 Å². The summed E-state index contributed by atoms with van der Waals surface area (Å²) in [5, 5.41) is 16.1. The third-order valence-electron chi connectivity index (χ3n) is 5.13. The lowest BCUT2D eigenvalue weighted by atomic mass is 10.1. The average molecular weight is 507 g/mol. The lowest BCUT2D eigenvalue weighted by Crippen LogP contribution is -2.18. The number of aromatic nitrogens is 1. The van der Waals surface area contributed by atoms with Crippen molar-refractivity contribution in [1.29, 1.82) is 5.26 Å². The van der Waals surface area contributed by atoms with Crippen molar-refractivity contribution < 1.29 is 14.0 Å². The number of benzene rings is 3. The maximum atomic E-state index is 13.1. The van der Waals surface area contributed by atoms with Crippen LogP contribution >= 0.6 is 23.2 Å². The number of para-hydroxylation sites is 1. The molecule has 1 heterocycles. The van der Waals surface area contributed by atoms with Crippen molar-refractivity contribution in [2.24, 2.45) is 0 Å². The molecule has 0 saturated carbocycles. The normalized spacial score (nSPS) is 11.2. The first-order valence-corrected chi connectivity index (χ1v) is 11.1. The van der Waals surface area contributed by atoms with Crippen molar-refractivity contribution in [3.05, 3.63) is 99.9 Å². The van der Waals surface area contributed by atoms with E-state index in [-0.39, 0.29) is 33.8 Å². The minimum Gasteiger partial charge on any atom is -0.337 e. The highest BCUT2D eigenvalue weighted by atomic mass is 35.5. The van der Waals surface area contributed by atoms with Crippen LogP contribution in [0.2, 0.25) is 10.0 Å². The first-order valence-electron chi connectivity index (χ1n) is 10.4. The smallest absolute Gasteiger partial charge is 0.266 e. The number of nitrogens with one attached hydrogen (secondary N) is 2. The summed E-state index contributed by atoms with van der Waals surface area (Å²) < 4.78 is 14.8. The largest absolute Gasteiger partial charge is 0.337 e. The molecule has 0 aliphatic heterocycles. The number of halogens is 3. The van der Waals surface area contributed by atoms with Crippen LogP contribution in [0.3, 0.4) is 0 Å². The summed E-state index contributed by atoms with van der Waals surface area (Å²) in [6.07, 6.45) is 3.14. The van der Waals surface area contributed by atoms with E-state index in [1.165, 1.54) is 30.3 Å². The molecule has 2 N–H and O–H groups in total. The van der Waals surface area contributed by atoms with Gasteiger partial charge in [0.1, 0.15) is 24.0 Å². The minimum absolute atomic E-state index is 0.0298. The average Bonchev–Trinajstić information content (AvgIpc) is 3.18. The van der Waals surface area contributed by atoms with Gasteiger partial charge in [0.05, 0.1) is 15.7 Å². The van der Waals surface area contributed by atoms with E-state index in [9.17, 15) is 19.2 Å². The van der Waals surface area contributed by atoms with Gasteiger partial charge >= 0.3 is 0 Å². The van der Waals surface area contributed by atoms with Gasteiger partial charge in [-0.15, -0.1) is 0 Å². The fourth-order valence-corrected chi connectivity index (χ4v) is 3.85. The number of rotatable bonds is 6. The topological polar surface area (TPSA) is 86.9 Å². The molecule has 0 bridgehead atoms. The van der Waals surface area contributed by atoms with Gasteiger partial charge < -0.3 is 15.2 Å². The highest BCUT2D eigenvalue weighted by molar-refractivity contribution is 6.44. The molecule has 0 radical (unpaired) electrons. The molecule has 2 amide bonds. The van der Waals surface area contributed by atoms with Gasteiger partial charge in [0, 0.05) is 28.4 Å². The SMILES string of the molecule is N#C/C(=C\c1cn(CC(=O)Nc2ccc(F)cc2)c2ccccc12)C(=O)Nc1cccc(Cl)c1Cl. The molecule has 4 aromatic rings. The number of amides is 2. The molecule has 0 aliphatic rings. The van der Waals surface area contributed by atoms with Crippen molar-refractivity contribution in [2.45, 2.75) is 6.54 Å². The van der Waals surface area contributed by atoms with Gasteiger partial charge in [0.2, 0.25) is 5.91 Å². The summed E-state index contributed by atoms with van der Waals surface area (Å²) in [6.45, 7) is -0.0298. The number of nitrogens with zero attached hydrogens (tertiary/aromatic N) is 2. The van der Waals surface area contributed by atoms with Crippen LogP contribution in [-0.4, -0.2) is 16.4 Å². The Balaban J connectivity index is 1.60. The van der Waals surface area contributed by atoms with Gasteiger partial charge in [-0.05, 0) is 48.5 Å². The predicted molar refractivity (Wildman–Crippen MR) is 136 cm³/mol. The van der Waals surface area contributed by atoms with Crippen LogP contribution < -0.4 is 10.6 Å². The molecule has 0 aliphatic carbocycles. The Morgan fingerprint density at radius 1 is 1.00 bits per heavy atom.